The summed E-state index contributed by atoms with van der Waals surface area (Å²) in [4.78, 5) is 25.7. The van der Waals surface area contributed by atoms with E-state index in [1.54, 1.807) is 0 Å². The van der Waals surface area contributed by atoms with Crippen LogP contribution in [0, 0.1) is 0 Å². The van der Waals surface area contributed by atoms with Gasteiger partial charge in [-0.1, -0.05) is 0 Å². The van der Waals surface area contributed by atoms with Crippen LogP contribution in [0.3, 0.4) is 0 Å². The lowest BCUT2D eigenvalue weighted by Crippen LogP contribution is -2.63. The smallest absolute Gasteiger partial charge is 0.360 e. The van der Waals surface area contributed by atoms with Crippen molar-refractivity contribution < 1.29 is 18.0 Å². The SMILES string of the molecule is O=C(CNc1ncnc2ccc(C(F)(F)F)cc12)NC1CN([C@H]2CC[C@H](N3CCSCC3)CC2)C1. The summed E-state index contributed by atoms with van der Waals surface area (Å²) in [6.07, 6.45) is 1.78. The Morgan fingerprint density at radius 3 is 2.40 bits per heavy atom. The number of carbonyl (C=O) groups excluding carboxylic acids is 1. The van der Waals surface area contributed by atoms with Crippen LogP contribution < -0.4 is 10.6 Å². The topological polar surface area (TPSA) is 73.4 Å². The molecule has 1 saturated carbocycles. The Labute approximate surface area is 207 Å². The lowest BCUT2D eigenvalue weighted by Gasteiger charge is -2.48. The minimum Gasteiger partial charge on any atom is -0.360 e. The van der Waals surface area contributed by atoms with E-state index in [0.717, 1.165) is 31.3 Å². The van der Waals surface area contributed by atoms with Crippen molar-refractivity contribution in [1.29, 1.82) is 0 Å². The Balaban J connectivity index is 1.06. The minimum absolute atomic E-state index is 0.0575. The third-order valence-corrected chi connectivity index (χ3v) is 8.34. The molecule has 11 heteroatoms. The largest absolute Gasteiger partial charge is 0.416 e. The van der Waals surface area contributed by atoms with E-state index in [0.29, 0.717) is 11.6 Å². The number of halogens is 3. The first-order valence-corrected chi connectivity index (χ1v) is 13.4. The van der Waals surface area contributed by atoms with Gasteiger partial charge >= 0.3 is 6.18 Å². The number of nitrogens with one attached hydrogen (secondary N) is 2. The highest BCUT2D eigenvalue weighted by Gasteiger charge is 2.36. The van der Waals surface area contributed by atoms with Gasteiger partial charge in [0, 0.05) is 55.2 Å². The molecule has 2 aliphatic heterocycles. The van der Waals surface area contributed by atoms with E-state index in [2.05, 4.69) is 42.2 Å². The zero-order valence-electron chi connectivity index (χ0n) is 19.6. The van der Waals surface area contributed by atoms with Crippen LogP contribution in [0.5, 0.6) is 0 Å². The minimum atomic E-state index is -4.46. The van der Waals surface area contributed by atoms with Gasteiger partial charge in [-0.3, -0.25) is 14.6 Å². The standard InChI is InChI=1S/C24H31F3N6OS/c25-24(26,27)16-1-6-21-20(11-16)23(30-15-29-21)28-12-22(34)31-17-13-33(14-17)19-4-2-18(3-5-19)32-7-9-35-10-8-32/h1,6,11,15,17-19H,2-5,7-10,12-14H2,(H,31,34)(H,28,29,30)/t18-,19-. The van der Waals surface area contributed by atoms with Crippen LogP contribution in [0.15, 0.2) is 24.5 Å². The van der Waals surface area contributed by atoms with E-state index >= 15 is 0 Å². The lowest BCUT2D eigenvalue weighted by molar-refractivity contribution is -0.137. The monoisotopic (exact) mass is 508 g/mol. The van der Waals surface area contributed by atoms with E-state index < -0.39 is 11.7 Å². The van der Waals surface area contributed by atoms with E-state index in [1.165, 1.54) is 62.7 Å². The molecule has 1 amide bonds. The molecule has 2 saturated heterocycles. The number of hydrogen-bond donors (Lipinski definition) is 2. The molecule has 190 valence electrons. The molecule has 2 N–H and O–H groups in total. The van der Waals surface area contributed by atoms with Crippen molar-refractivity contribution in [2.45, 2.75) is 50.0 Å². The quantitative estimate of drug-likeness (QED) is 0.621. The number of rotatable bonds is 6. The molecule has 3 fully saturated rings. The van der Waals surface area contributed by atoms with Crippen molar-refractivity contribution in [2.75, 3.05) is 49.5 Å². The van der Waals surface area contributed by atoms with Gasteiger partial charge in [-0.25, -0.2) is 9.97 Å². The molecule has 0 atom stereocenters. The molecule has 1 aliphatic carbocycles. The van der Waals surface area contributed by atoms with Crippen molar-refractivity contribution in [1.82, 2.24) is 25.1 Å². The number of alkyl halides is 3. The average molecular weight is 509 g/mol. The van der Waals surface area contributed by atoms with Gasteiger partial charge in [-0.15, -0.1) is 0 Å². The van der Waals surface area contributed by atoms with E-state index in [1.807, 2.05) is 0 Å². The molecule has 5 rings (SSSR count). The third kappa shape index (κ3) is 5.83. The average Bonchev–Trinajstić information content (AvgIpc) is 2.84. The summed E-state index contributed by atoms with van der Waals surface area (Å²) in [7, 11) is 0. The maximum absolute atomic E-state index is 13.1. The molecule has 1 aromatic heterocycles. The number of carbonyl (C=O) groups is 1. The fourth-order valence-corrected chi connectivity index (χ4v) is 6.38. The normalized spacial score (nSPS) is 24.8. The van der Waals surface area contributed by atoms with Crippen LogP contribution in [0.4, 0.5) is 19.0 Å². The molecule has 3 heterocycles. The Kier molecular flexibility index (Phi) is 7.36. The first kappa shape index (κ1) is 24.6. The van der Waals surface area contributed by atoms with E-state index in [-0.39, 0.29) is 29.7 Å². The highest BCUT2D eigenvalue weighted by molar-refractivity contribution is 7.99. The predicted octanol–water partition coefficient (Wildman–Crippen LogP) is 3.22. The number of likely N-dealkylation sites (tertiary alicyclic amines) is 1. The summed E-state index contributed by atoms with van der Waals surface area (Å²) < 4.78 is 39.3. The Hall–Kier alpha value is -2.11. The predicted molar refractivity (Wildman–Crippen MR) is 131 cm³/mol. The molecular formula is C24H31F3N6OS. The Bertz CT molecular complexity index is 1030. The fraction of sp³-hybridized carbons (Fsp3) is 0.625. The zero-order chi connectivity index (χ0) is 24.4. The molecule has 0 unspecified atom stereocenters. The van der Waals surface area contributed by atoms with Crippen LogP contribution >= 0.6 is 11.8 Å². The maximum Gasteiger partial charge on any atom is 0.416 e. The van der Waals surface area contributed by atoms with Crippen molar-refractivity contribution in [3.63, 3.8) is 0 Å². The van der Waals surface area contributed by atoms with Gasteiger partial charge in [0.2, 0.25) is 5.91 Å². The highest BCUT2D eigenvalue weighted by Crippen LogP contribution is 2.33. The summed E-state index contributed by atoms with van der Waals surface area (Å²) in [6, 6.07) is 4.77. The maximum atomic E-state index is 13.1. The first-order valence-electron chi connectivity index (χ1n) is 12.3. The van der Waals surface area contributed by atoms with Crippen LogP contribution in [-0.4, -0.2) is 88.0 Å². The van der Waals surface area contributed by atoms with Crippen LogP contribution in [0.2, 0.25) is 0 Å². The fourth-order valence-electron chi connectivity index (χ4n) is 5.45. The highest BCUT2D eigenvalue weighted by atomic mass is 32.2. The number of amides is 1. The number of nitrogens with zero attached hydrogens (tertiary/aromatic N) is 4. The molecule has 0 spiro atoms. The first-order chi connectivity index (χ1) is 16.9. The lowest BCUT2D eigenvalue weighted by atomic mass is 9.87. The van der Waals surface area contributed by atoms with Crippen molar-refractivity contribution in [2.24, 2.45) is 0 Å². The van der Waals surface area contributed by atoms with Crippen molar-refractivity contribution >= 4 is 34.4 Å². The van der Waals surface area contributed by atoms with E-state index in [4.69, 9.17) is 0 Å². The van der Waals surface area contributed by atoms with Crippen LogP contribution in [-0.2, 0) is 11.0 Å². The summed E-state index contributed by atoms with van der Waals surface area (Å²) in [5.74, 6) is 2.53. The summed E-state index contributed by atoms with van der Waals surface area (Å²) in [5, 5.41) is 6.14. The second-order valence-corrected chi connectivity index (χ2v) is 10.9. The second-order valence-electron chi connectivity index (χ2n) is 9.63. The number of anilines is 1. The summed E-state index contributed by atoms with van der Waals surface area (Å²) >= 11 is 2.05. The van der Waals surface area contributed by atoms with Crippen molar-refractivity contribution in [3.8, 4) is 0 Å². The van der Waals surface area contributed by atoms with Gasteiger partial charge in [-0.05, 0) is 43.9 Å². The number of benzene rings is 1. The zero-order valence-corrected chi connectivity index (χ0v) is 20.4. The summed E-state index contributed by atoms with van der Waals surface area (Å²) in [5.41, 5.74) is -0.384. The second kappa shape index (κ2) is 10.5. The Morgan fingerprint density at radius 2 is 1.71 bits per heavy atom. The third-order valence-electron chi connectivity index (χ3n) is 7.40. The van der Waals surface area contributed by atoms with Crippen LogP contribution in [0.1, 0.15) is 31.2 Å². The molecule has 35 heavy (non-hydrogen) atoms. The number of thioether (sulfide) groups is 1. The summed E-state index contributed by atoms with van der Waals surface area (Å²) in [6.45, 7) is 4.10. The molecule has 7 nitrogen and oxygen atoms in total. The van der Waals surface area contributed by atoms with E-state index in [9.17, 15) is 18.0 Å². The van der Waals surface area contributed by atoms with Gasteiger partial charge in [0.05, 0.1) is 23.7 Å². The number of aromatic nitrogens is 2. The molecule has 0 radical (unpaired) electrons. The van der Waals surface area contributed by atoms with Gasteiger partial charge in [0.15, 0.2) is 0 Å². The van der Waals surface area contributed by atoms with Gasteiger partial charge in [-0.2, -0.15) is 24.9 Å². The molecule has 1 aromatic carbocycles. The number of fused-ring (bicyclic) bond motifs is 1. The molecule has 3 aliphatic rings. The van der Waals surface area contributed by atoms with Gasteiger partial charge in [0.25, 0.3) is 0 Å². The van der Waals surface area contributed by atoms with Gasteiger partial charge in [0.1, 0.15) is 12.1 Å². The molecule has 2 aromatic rings. The Morgan fingerprint density at radius 1 is 1.03 bits per heavy atom. The molecule has 0 bridgehead atoms. The van der Waals surface area contributed by atoms with Crippen LogP contribution in [0.25, 0.3) is 10.9 Å². The number of hydrogen-bond acceptors (Lipinski definition) is 7. The van der Waals surface area contributed by atoms with Crippen molar-refractivity contribution in [3.05, 3.63) is 30.1 Å². The van der Waals surface area contributed by atoms with Gasteiger partial charge < -0.3 is 10.6 Å². The molecular weight excluding hydrogens is 477 g/mol.